The van der Waals surface area contributed by atoms with E-state index in [2.05, 4.69) is 56.5 Å². The minimum Gasteiger partial charge on any atom is -0.473 e. The molecule has 0 saturated carbocycles. The Morgan fingerprint density at radius 3 is 2.97 bits per heavy atom. The van der Waals surface area contributed by atoms with Gasteiger partial charge >= 0.3 is 0 Å². The van der Waals surface area contributed by atoms with E-state index in [0.29, 0.717) is 0 Å². The number of hydrogen-bond acceptors (Lipinski definition) is 5. The lowest BCUT2D eigenvalue weighted by Gasteiger charge is -2.18. The lowest BCUT2D eigenvalue weighted by atomic mass is 10.0. The lowest BCUT2D eigenvalue weighted by Crippen LogP contribution is -2.26. The van der Waals surface area contributed by atoms with Crippen LogP contribution in [0.2, 0.25) is 0 Å². The van der Waals surface area contributed by atoms with E-state index in [-0.39, 0.29) is 6.10 Å². The molecule has 4 bridgehead atoms. The van der Waals surface area contributed by atoms with E-state index in [1.807, 2.05) is 35.7 Å². The van der Waals surface area contributed by atoms with Crippen molar-refractivity contribution in [1.29, 1.82) is 0 Å². The zero-order valence-corrected chi connectivity index (χ0v) is 18.0. The van der Waals surface area contributed by atoms with Gasteiger partial charge in [-0.1, -0.05) is 6.07 Å². The van der Waals surface area contributed by atoms with Gasteiger partial charge in [-0.05, 0) is 43.2 Å². The van der Waals surface area contributed by atoms with E-state index in [0.717, 1.165) is 65.4 Å². The molecular formula is C23H25N7O. The molecule has 1 saturated heterocycles. The summed E-state index contributed by atoms with van der Waals surface area (Å²) in [6.07, 6.45) is 7.30. The first-order chi connectivity index (χ1) is 15.1. The molecule has 0 spiro atoms. The van der Waals surface area contributed by atoms with Gasteiger partial charge in [0.25, 0.3) is 0 Å². The monoisotopic (exact) mass is 415 g/mol. The van der Waals surface area contributed by atoms with Gasteiger partial charge < -0.3 is 4.74 Å². The number of H-pyrrole nitrogens is 1. The molecule has 2 atom stereocenters. The summed E-state index contributed by atoms with van der Waals surface area (Å²) in [5.74, 6) is 0.818. The van der Waals surface area contributed by atoms with Crippen LogP contribution in [0.25, 0.3) is 34.2 Å². The summed E-state index contributed by atoms with van der Waals surface area (Å²) in [5, 5.41) is 17.9. The van der Waals surface area contributed by atoms with Crippen LogP contribution in [-0.2, 0) is 20.6 Å². The first-order valence-corrected chi connectivity index (χ1v) is 10.7. The van der Waals surface area contributed by atoms with Crippen LogP contribution < -0.4 is 4.74 Å². The summed E-state index contributed by atoms with van der Waals surface area (Å²) < 4.78 is 10.3. The number of ether oxygens (including phenoxy) is 1. The van der Waals surface area contributed by atoms with Crippen LogP contribution in [0.15, 0.2) is 24.4 Å². The number of benzene rings is 1. The second-order valence-electron chi connectivity index (χ2n) is 8.52. The van der Waals surface area contributed by atoms with E-state index >= 15 is 0 Å². The topological polar surface area (TPSA) is 76.8 Å². The molecule has 4 aromatic rings. The third-order valence-electron chi connectivity index (χ3n) is 6.47. The molecule has 0 radical (unpaired) electrons. The van der Waals surface area contributed by atoms with E-state index in [1.165, 1.54) is 11.3 Å². The maximum Gasteiger partial charge on any atom is 0.219 e. The zero-order valence-electron chi connectivity index (χ0n) is 18.0. The Hall–Kier alpha value is -3.39. The van der Waals surface area contributed by atoms with Crippen molar-refractivity contribution in [3.8, 4) is 17.0 Å². The van der Waals surface area contributed by atoms with Crippen LogP contribution >= 0.6 is 0 Å². The van der Waals surface area contributed by atoms with Gasteiger partial charge in [-0.25, -0.2) is 4.68 Å². The predicted octanol–water partition coefficient (Wildman–Crippen LogP) is 3.14. The molecule has 8 nitrogen and oxygen atoms in total. The van der Waals surface area contributed by atoms with Crippen molar-refractivity contribution in [1.82, 2.24) is 34.7 Å². The Morgan fingerprint density at radius 2 is 2.06 bits per heavy atom. The second kappa shape index (κ2) is 6.81. The van der Waals surface area contributed by atoms with Gasteiger partial charge in [-0.3, -0.25) is 14.7 Å². The molecule has 31 heavy (non-hydrogen) atoms. The van der Waals surface area contributed by atoms with Gasteiger partial charge in [0.05, 0.1) is 34.4 Å². The lowest BCUT2D eigenvalue weighted by molar-refractivity contribution is 0.183. The van der Waals surface area contributed by atoms with E-state index in [4.69, 9.17) is 4.74 Å². The van der Waals surface area contributed by atoms with Crippen LogP contribution in [0.1, 0.15) is 29.1 Å². The highest BCUT2D eigenvalue weighted by Gasteiger charge is 2.28. The summed E-state index contributed by atoms with van der Waals surface area (Å²) in [5.41, 5.74) is 7.43. The van der Waals surface area contributed by atoms with Gasteiger partial charge in [-0.15, -0.1) is 0 Å². The van der Waals surface area contributed by atoms with Crippen LogP contribution in [0.5, 0.6) is 5.88 Å². The molecule has 2 aliphatic rings. The summed E-state index contributed by atoms with van der Waals surface area (Å²) in [6, 6.07) is 6.30. The molecule has 0 aliphatic carbocycles. The van der Waals surface area contributed by atoms with Crippen molar-refractivity contribution < 1.29 is 4.74 Å². The van der Waals surface area contributed by atoms with Gasteiger partial charge in [0.1, 0.15) is 6.10 Å². The molecule has 1 aromatic carbocycles. The van der Waals surface area contributed by atoms with E-state index in [1.54, 1.807) is 0 Å². The van der Waals surface area contributed by atoms with Crippen molar-refractivity contribution in [3.63, 3.8) is 0 Å². The first kappa shape index (κ1) is 18.4. The molecular weight excluding hydrogens is 390 g/mol. The van der Waals surface area contributed by atoms with Crippen molar-refractivity contribution in [2.75, 3.05) is 13.1 Å². The molecule has 158 valence electrons. The summed E-state index contributed by atoms with van der Waals surface area (Å²) >= 11 is 0. The molecule has 2 aliphatic heterocycles. The quantitative estimate of drug-likeness (QED) is 0.477. The number of aromatic amines is 1. The second-order valence-corrected chi connectivity index (χ2v) is 8.52. The number of aryl methyl sites for hydroxylation is 3. The molecule has 0 amide bonds. The van der Waals surface area contributed by atoms with Gasteiger partial charge in [-0.2, -0.15) is 15.3 Å². The predicted molar refractivity (Wildman–Crippen MR) is 119 cm³/mol. The minimum atomic E-state index is 0.140. The smallest absolute Gasteiger partial charge is 0.219 e. The highest BCUT2D eigenvalue weighted by molar-refractivity contribution is 5.93. The summed E-state index contributed by atoms with van der Waals surface area (Å²) in [7, 11) is 3.96. The third-order valence-corrected chi connectivity index (χ3v) is 6.47. The average Bonchev–Trinajstić information content (AvgIpc) is 3.50. The molecule has 6 rings (SSSR count). The largest absolute Gasteiger partial charge is 0.473 e. The number of hydrogen-bond donors (Lipinski definition) is 1. The van der Waals surface area contributed by atoms with Crippen LogP contribution in [0.3, 0.4) is 0 Å². The summed E-state index contributed by atoms with van der Waals surface area (Å²) in [6.45, 7) is 4.81. The van der Waals surface area contributed by atoms with Gasteiger partial charge in [0, 0.05) is 44.7 Å². The maximum atomic E-state index is 6.50. The fraction of sp³-hybridized carbons (Fsp3) is 0.348. The van der Waals surface area contributed by atoms with Gasteiger partial charge in [0.2, 0.25) is 5.88 Å². The maximum absolute atomic E-state index is 6.50. The van der Waals surface area contributed by atoms with Crippen molar-refractivity contribution >= 4 is 23.1 Å². The van der Waals surface area contributed by atoms with Crippen LogP contribution in [-0.4, -0.2) is 53.9 Å². The number of nitrogens with one attached hydrogen (secondary N) is 1. The van der Waals surface area contributed by atoms with Crippen LogP contribution in [0.4, 0.5) is 0 Å². The molecule has 5 heterocycles. The van der Waals surface area contributed by atoms with Crippen LogP contribution in [0, 0.1) is 6.92 Å². The zero-order chi connectivity index (χ0) is 21.1. The average molecular weight is 416 g/mol. The Balaban J connectivity index is 1.55. The SMILES string of the molecule is Cc1nn(C)c2c1/C=C/c1[nH]nc3ccc(cc13)-c1cnn(C)c1O[C@@H]1CCN(C2)C1. The fourth-order valence-corrected chi connectivity index (χ4v) is 4.79. The Morgan fingerprint density at radius 1 is 1.16 bits per heavy atom. The van der Waals surface area contributed by atoms with Gasteiger partial charge in [0.15, 0.2) is 0 Å². The number of rotatable bonds is 0. The standard InChI is InChI=1S/C23H25N7O/c1-14-17-5-7-21-18-10-15(4-6-20(18)25-26-21)19-11-24-29(3)23(19)31-16-8-9-30(12-16)13-22(17)28(2)27-14/h4-7,10-11,16H,8-9,12-13H2,1-3H3,(H,25,26)/b7-5+/t16-/m1/s1. The highest BCUT2D eigenvalue weighted by atomic mass is 16.5. The Bertz CT molecular complexity index is 1330. The Labute approximate surface area is 180 Å². The van der Waals surface area contributed by atoms with Crippen molar-refractivity contribution in [2.24, 2.45) is 14.1 Å². The minimum absolute atomic E-state index is 0.140. The third kappa shape index (κ3) is 2.97. The van der Waals surface area contributed by atoms with E-state index in [9.17, 15) is 0 Å². The normalized spacial score (nSPS) is 21.4. The molecule has 3 aromatic heterocycles. The summed E-state index contributed by atoms with van der Waals surface area (Å²) in [4.78, 5) is 2.45. The number of aromatic nitrogens is 6. The van der Waals surface area contributed by atoms with E-state index < -0.39 is 0 Å². The molecule has 1 N–H and O–H groups in total. The first-order valence-electron chi connectivity index (χ1n) is 10.7. The number of fused-ring (bicyclic) bond motifs is 6. The van der Waals surface area contributed by atoms with Crippen molar-refractivity contribution in [3.05, 3.63) is 47.0 Å². The van der Waals surface area contributed by atoms with Crippen molar-refractivity contribution in [2.45, 2.75) is 26.0 Å². The molecule has 8 heteroatoms. The molecule has 1 unspecified atom stereocenters. The molecule has 1 fully saturated rings. The Kier molecular flexibility index (Phi) is 4.04. The number of nitrogens with zero attached hydrogens (tertiary/aromatic N) is 6. The highest BCUT2D eigenvalue weighted by Crippen LogP contribution is 2.34. The fourth-order valence-electron chi connectivity index (χ4n) is 4.79.